The number of pyridine rings is 1. The SMILES string of the molecule is CCCCc1ccc(-c2ccc(C(=O)N[C@@H](CCN)C(=O)N[C@H](C(=O)N[C@@H](N)C(=O)N[C@@H](CCCCN)C(=O)N[C@@H](N)B3OC4C[C@@H]5C[C@@H](C5(C)C)[C@]4(C)O3)[C@@H](C)O)nc2)cc1. The van der Waals surface area contributed by atoms with Crippen LogP contribution < -0.4 is 49.5 Å². The molecule has 18 nitrogen and oxygen atoms in total. The molecule has 6 rings (SSSR count). The average molecular weight is 863 g/mol. The van der Waals surface area contributed by atoms with Gasteiger partial charge in [-0.3, -0.25) is 29.0 Å². The van der Waals surface area contributed by atoms with E-state index >= 15 is 0 Å². The normalized spacial score (nSPS) is 23.9. The second kappa shape index (κ2) is 21.3. The number of nitrogens with two attached hydrogens (primary N) is 4. The molecule has 1 aromatic heterocycles. The molecule has 0 spiro atoms. The Kier molecular flexibility index (Phi) is 16.6. The summed E-state index contributed by atoms with van der Waals surface area (Å²) in [6.45, 7) is 10.3. The third-order valence-electron chi connectivity index (χ3n) is 13.0. The summed E-state index contributed by atoms with van der Waals surface area (Å²) in [5.74, 6) is -3.19. The van der Waals surface area contributed by atoms with Gasteiger partial charge < -0.3 is 63.9 Å². The highest BCUT2D eigenvalue weighted by Gasteiger charge is 2.68. The van der Waals surface area contributed by atoms with Crippen LogP contribution in [0.4, 0.5) is 0 Å². The zero-order chi connectivity index (χ0) is 45.4. The van der Waals surface area contributed by atoms with Crippen LogP contribution >= 0.6 is 0 Å². The van der Waals surface area contributed by atoms with E-state index in [4.69, 9.17) is 32.2 Å². The maximum atomic E-state index is 13.6. The Morgan fingerprint density at radius 3 is 2.11 bits per heavy atom. The van der Waals surface area contributed by atoms with Gasteiger partial charge in [0.25, 0.3) is 11.8 Å². The van der Waals surface area contributed by atoms with Crippen molar-refractivity contribution in [3.05, 3.63) is 53.9 Å². The van der Waals surface area contributed by atoms with E-state index in [0.29, 0.717) is 25.3 Å². The zero-order valence-electron chi connectivity index (χ0n) is 36.7. The summed E-state index contributed by atoms with van der Waals surface area (Å²) in [5.41, 5.74) is 26.6. The molecule has 2 aromatic rings. The molecule has 2 heterocycles. The van der Waals surface area contributed by atoms with Gasteiger partial charge in [0.15, 0.2) is 6.17 Å². The Bertz CT molecular complexity index is 1870. The molecule has 19 heteroatoms. The Morgan fingerprint density at radius 2 is 1.50 bits per heavy atom. The number of unbranched alkanes of at least 4 members (excludes halogenated alkanes) is 2. The van der Waals surface area contributed by atoms with Crippen LogP contribution in [0.25, 0.3) is 11.1 Å². The van der Waals surface area contributed by atoms with Gasteiger partial charge in [-0.15, -0.1) is 0 Å². The predicted molar refractivity (Wildman–Crippen MR) is 234 cm³/mol. The van der Waals surface area contributed by atoms with Crippen molar-refractivity contribution < 1.29 is 38.4 Å². The van der Waals surface area contributed by atoms with E-state index in [1.54, 1.807) is 18.3 Å². The molecule has 1 saturated heterocycles. The molecule has 340 valence electrons. The minimum Gasteiger partial charge on any atom is -0.403 e. The van der Waals surface area contributed by atoms with Crippen molar-refractivity contribution in [2.45, 2.75) is 141 Å². The quantitative estimate of drug-likeness (QED) is 0.0427. The van der Waals surface area contributed by atoms with Crippen molar-refractivity contribution in [2.24, 2.45) is 40.2 Å². The molecule has 1 unspecified atom stereocenters. The topological polar surface area (TPSA) is 301 Å². The highest BCUT2D eigenvalue weighted by atomic mass is 16.7. The molecule has 3 saturated carbocycles. The first kappa shape index (κ1) is 48.5. The Labute approximate surface area is 364 Å². The van der Waals surface area contributed by atoms with Gasteiger partial charge in [-0.25, -0.2) is 0 Å². The standard InChI is InChI=1S/C43H67BN10O8/c1-6-7-10-25-12-14-26(15-13-25)27-16-17-29(49-23-27)36(56)50-31(18-20-46)37(57)52-34(24(2)55)39(59)53-35(47)40(60)51-30(11-8-9-19-45)38(58)54-41(48)44-61-33-22-28-21-32(42(28,3)4)43(33,5)62-44/h12-17,23-24,28,30-35,41,55H,6-11,18-22,45-48H2,1-5H3,(H,50,56)(H,51,60)(H,52,57)(H,53,59)(H,54,58)/t24-,28+,30+,31+,32+,33?,34+,35-,41-,43+/m1/s1. The van der Waals surface area contributed by atoms with Crippen molar-refractivity contribution in [3.8, 4) is 11.1 Å². The molecule has 4 fully saturated rings. The first-order valence-corrected chi connectivity index (χ1v) is 21.9. The highest BCUT2D eigenvalue weighted by Crippen LogP contribution is 2.65. The number of aliphatic hydroxyl groups excluding tert-OH is 1. The minimum absolute atomic E-state index is 0.000331. The average Bonchev–Trinajstić information content (AvgIpc) is 3.61. The predicted octanol–water partition coefficient (Wildman–Crippen LogP) is 0.0873. The fourth-order valence-electron chi connectivity index (χ4n) is 8.99. The van der Waals surface area contributed by atoms with Crippen LogP contribution in [0.2, 0.25) is 0 Å². The molecule has 1 aromatic carbocycles. The Morgan fingerprint density at radius 1 is 0.823 bits per heavy atom. The summed E-state index contributed by atoms with van der Waals surface area (Å²) in [4.78, 5) is 71.3. The van der Waals surface area contributed by atoms with Gasteiger partial charge in [0.1, 0.15) is 29.9 Å². The number of carbonyl (C=O) groups is 5. The first-order chi connectivity index (χ1) is 29.4. The van der Waals surface area contributed by atoms with Crippen molar-refractivity contribution >= 4 is 36.7 Å². The number of amides is 5. The van der Waals surface area contributed by atoms with E-state index in [1.807, 2.05) is 19.1 Å². The van der Waals surface area contributed by atoms with E-state index in [9.17, 15) is 29.1 Å². The fraction of sp³-hybridized carbons (Fsp3) is 0.628. The van der Waals surface area contributed by atoms with E-state index in [1.165, 1.54) is 12.5 Å². The third-order valence-corrected chi connectivity index (χ3v) is 13.0. The van der Waals surface area contributed by atoms with Crippen molar-refractivity contribution in [1.29, 1.82) is 0 Å². The molecular formula is C43H67BN10O8. The van der Waals surface area contributed by atoms with Crippen molar-refractivity contribution in [3.63, 3.8) is 0 Å². The number of hydrogen-bond donors (Lipinski definition) is 10. The number of nitrogens with one attached hydrogen (secondary N) is 5. The maximum Gasteiger partial charge on any atom is 0.497 e. The van der Waals surface area contributed by atoms with E-state index in [0.717, 1.165) is 43.2 Å². The van der Waals surface area contributed by atoms with Crippen molar-refractivity contribution in [2.75, 3.05) is 13.1 Å². The van der Waals surface area contributed by atoms with Gasteiger partial charge in [-0.1, -0.05) is 57.5 Å². The molecule has 10 atom stereocenters. The number of benzene rings is 1. The molecule has 14 N–H and O–H groups in total. The van der Waals surface area contributed by atoms with E-state index < -0.39 is 78.7 Å². The molecule has 5 amide bonds. The smallest absolute Gasteiger partial charge is 0.403 e. The first-order valence-electron chi connectivity index (χ1n) is 21.9. The summed E-state index contributed by atoms with van der Waals surface area (Å²) < 4.78 is 12.6. The zero-order valence-corrected chi connectivity index (χ0v) is 36.7. The number of nitrogens with zero attached hydrogens (tertiary/aromatic N) is 1. The van der Waals surface area contributed by atoms with Crippen LogP contribution in [0.3, 0.4) is 0 Å². The molecule has 0 radical (unpaired) electrons. The number of hydrogen-bond acceptors (Lipinski definition) is 13. The number of rotatable bonds is 22. The summed E-state index contributed by atoms with van der Waals surface area (Å²) in [6, 6.07) is 6.47. The lowest BCUT2D eigenvalue weighted by Gasteiger charge is -2.64. The van der Waals surface area contributed by atoms with Crippen LogP contribution in [0.15, 0.2) is 42.6 Å². The maximum absolute atomic E-state index is 13.6. The van der Waals surface area contributed by atoms with Crippen LogP contribution in [-0.2, 0) is 34.9 Å². The Hall–Kier alpha value is -4.50. The molecule has 4 aliphatic rings. The van der Waals surface area contributed by atoms with Gasteiger partial charge >= 0.3 is 7.12 Å². The highest BCUT2D eigenvalue weighted by molar-refractivity contribution is 6.47. The second-order valence-electron chi connectivity index (χ2n) is 17.8. The summed E-state index contributed by atoms with van der Waals surface area (Å²) in [5, 5.41) is 23.1. The van der Waals surface area contributed by atoms with Gasteiger partial charge in [-0.2, -0.15) is 0 Å². The van der Waals surface area contributed by atoms with Gasteiger partial charge in [-0.05, 0) is 113 Å². The number of aryl methyl sites for hydroxylation is 1. The van der Waals surface area contributed by atoms with Crippen LogP contribution in [0.5, 0.6) is 0 Å². The summed E-state index contributed by atoms with van der Waals surface area (Å²) in [6.07, 6.45) is 4.58. The molecule has 1 aliphatic heterocycles. The lowest BCUT2D eigenvalue weighted by molar-refractivity contribution is -0.199. The second-order valence-corrected chi connectivity index (χ2v) is 17.8. The molecule has 62 heavy (non-hydrogen) atoms. The van der Waals surface area contributed by atoms with E-state index in [2.05, 4.69) is 64.5 Å². The van der Waals surface area contributed by atoms with Crippen LogP contribution in [0.1, 0.15) is 102 Å². The lowest BCUT2D eigenvalue weighted by Crippen LogP contribution is -2.65. The lowest BCUT2D eigenvalue weighted by atomic mass is 9.43. The molecular weight excluding hydrogens is 795 g/mol. The van der Waals surface area contributed by atoms with Crippen LogP contribution in [0, 0.1) is 17.3 Å². The van der Waals surface area contributed by atoms with Gasteiger partial charge in [0.2, 0.25) is 17.7 Å². The minimum atomic E-state index is -1.70. The fourth-order valence-corrected chi connectivity index (χ4v) is 8.99. The van der Waals surface area contributed by atoms with Gasteiger partial charge in [0, 0.05) is 11.8 Å². The monoisotopic (exact) mass is 863 g/mol. The third kappa shape index (κ3) is 11.4. The summed E-state index contributed by atoms with van der Waals surface area (Å²) >= 11 is 0. The van der Waals surface area contributed by atoms with Crippen molar-refractivity contribution in [1.82, 2.24) is 31.6 Å². The molecule has 2 bridgehead atoms. The van der Waals surface area contributed by atoms with Crippen LogP contribution in [-0.4, -0.2) is 108 Å². The number of carbonyl (C=O) groups excluding carboxylic acids is 5. The van der Waals surface area contributed by atoms with E-state index in [-0.39, 0.29) is 42.5 Å². The number of aliphatic hydroxyl groups is 1. The van der Waals surface area contributed by atoms with Gasteiger partial charge in [0.05, 0.1) is 17.8 Å². The summed E-state index contributed by atoms with van der Waals surface area (Å²) in [7, 11) is -0.900. The molecule has 3 aliphatic carbocycles. The largest absolute Gasteiger partial charge is 0.497 e. The Balaban J connectivity index is 1.15. The number of aromatic nitrogens is 1.